The van der Waals surface area contributed by atoms with Gasteiger partial charge in [-0.25, -0.2) is 9.97 Å². The molecule has 7 nitrogen and oxygen atoms in total. The fourth-order valence-corrected chi connectivity index (χ4v) is 4.10. The van der Waals surface area contributed by atoms with Crippen LogP contribution in [0.1, 0.15) is 15.9 Å². The lowest BCUT2D eigenvalue weighted by Crippen LogP contribution is -2.49. The summed E-state index contributed by atoms with van der Waals surface area (Å²) in [6.45, 7) is 3.29. The molecule has 31 heavy (non-hydrogen) atoms. The molecular formula is C23H21ClN6O. The van der Waals surface area contributed by atoms with Gasteiger partial charge in [0, 0.05) is 54.5 Å². The van der Waals surface area contributed by atoms with Crippen molar-refractivity contribution in [3.8, 4) is 0 Å². The van der Waals surface area contributed by atoms with Gasteiger partial charge in [-0.3, -0.25) is 9.48 Å². The van der Waals surface area contributed by atoms with Crippen LogP contribution >= 0.6 is 11.6 Å². The topological polar surface area (TPSA) is 67.2 Å². The molecule has 0 saturated carbocycles. The summed E-state index contributed by atoms with van der Waals surface area (Å²) < 4.78 is 1.91. The van der Waals surface area contributed by atoms with Gasteiger partial charge in [-0.2, -0.15) is 5.10 Å². The molecule has 1 aliphatic heterocycles. The van der Waals surface area contributed by atoms with E-state index in [9.17, 15) is 4.79 Å². The van der Waals surface area contributed by atoms with Gasteiger partial charge < -0.3 is 9.80 Å². The molecule has 1 aliphatic rings. The number of aromatic nitrogens is 4. The molecule has 2 aromatic carbocycles. The van der Waals surface area contributed by atoms with Crippen LogP contribution in [0.2, 0.25) is 5.02 Å². The Hall–Kier alpha value is -3.45. The van der Waals surface area contributed by atoms with Crippen LogP contribution in [-0.4, -0.2) is 56.7 Å². The molecule has 5 rings (SSSR count). The van der Waals surface area contributed by atoms with Crippen molar-refractivity contribution in [3.63, 3.8) is 0 Å². The summed E-state index contributed by atoms with van der Waals surface area (Å²) in [5.41, 5.74) is 2.67. The maximum atomic E-state index is 13.2. The van der Waals surface area contributed by atoms with E-state index >= 15 is 0 Å². The number of rotatable bonds is 4. The van der Waals surface area contributed by atoms with Crippen molar-refractivity contribution in [2.24, 2.45) is 0 Å². The van der Waals surface area contributed by atoms with Crippen LogP contribution in [0.25, 0.3) is 10.9 Å². The number of benzene rings is 2. The van der Waals surface area contributed by atoms with Gasteiger partial charge in [0.05, 0.1) is 18.3 Å². The van der Waals surface area contributed by atoms with Crippen molar-refractivity contribution < 1.29 is 4.79 Å². The van der Waals surface area contributed by atoms with E-state index in [1.165, 1.54) is 0 Å². The van der Waals surface area contributed by atoms with Gasteiger partial charge in [-0.05, 0) is 35.9 Å². The van der Waals surface area contributed by atoms with Crippen LogP contribution in [0.3, 0.4) is 0 Å². The number of nitrogens with zero attached hydrogens (tertiary/aromatic N) is 6. The maximum Gasteiger partial charge on any atom is 0.254 e. The molecule has 3 heterocycles. The first-order valence-electron chi connectivity index (χ1n) is 10.2. The summed E-state index contributed by atoms with van der Waals surface area (Å²) in [6, 6.07) is 15.3. The molecule has 8 heteroatoms. The average molecular weight is 433 g/mol. The average Bonchev–Trinajstić information content (AvgIpc) is 3.21. The number of anilines is 1. The Labute approximate surface area is 184 Å². The Morgan fingerprint density at radius 2 is 1.77 bits per heavy atom. The lowest BCUT2D eigenvalue weighted by Gasteiger charge is -2.34. The molecule has 0 spiro atoms. The minimum Gasteiger partial charge on any atom is -0.337 e. The van der Waals surface area contributed by atoms with E-state index in [-0.39, 0.29) is 5.91 Å². The second kappa shape index (κ2) is 8.35. The molecule has 0 atom stereocenters. The predicted molar refractivity (Wildman–Crippen MR) is 120 cm³/mol. The SMILES string of the molecule is O=C(c1ccc2cnn(Cc3cccc(Cl)c3)c2c1)N1CCN(c2ncccn2)CC1. The summed E-state index contributed by atoms with van der Waals surface area (Å²) in [5, 5.41) is 6.21. The first kappa shape index (κ1) is 19.5. The zero-order chi connectivity index (χ0) is 21.2. The van der Waals surface area contributed by atoms with Crippen molar-refractivity contribution in [1.29, 1.82) is 0 Å². The van der Waals surface area contributed by atoms with Gasteiger partial charge in [0.25, 0.3) is 5.91 Å². The predicted octanol–water partition coefficient (Wildman–Crippen LogP) is 3.49. The lowest BCUT2D eigenvalue weighted by atomic mass is 10.1. The quantitative estimate of drug-likeness (QED) is 0.494. The smallest absolute Gasteiger partial charge is 0.254 e. The molecule has 4 aromatic rings. The fraction of sp³-hybridized carbons (Fsp3) is 0.217. The summed E-state index contributed by atoms with van der Waals surface area (Å²) in [7, 11) is 0. The lowest BCUT2D eigenvalue weighted by molar-refractivity contribution is 0.0746. The van der Waals surface area contributed by atoms with Crippen molar-refractivity contribution >= 4 is 34.4 Å². The molecule has 156 valence electrons. The number of halogens is 1. The molecular weight excluding hydrogens is 412 g/mol. The van der Waals surface area contributed by atoms with Gasteiger partial charge in [-0.1, -0.05) is 29.8 Å². The molecule has 2 aromatic heterocycles. The molecule has 1 amide bonds. The zero-order valence-electron chi connectivity index (χ0n) is 16.9. The molecule has 1 fully saturated rings. The van der Waals surface area contributed by atoms with E-state index in [0.717, 1.165) is 16.5 Å². The number of piperazine rings is 1. The van der Waals surface area contributed by atoms with E-state index in [1.54, 1.807) is 18.5 Å². The molecule has 1 saturated heterocycles. The minimum absolute atomic E-state index is 0.0334. The molecule has 0 radical (unpaired) electrons. The van der Waals surface area contributed by atoms with E-state index in [1.807, 2.05) is 58.2 Å². The number of fused-ring (bicyclic) bond motifs is 1. The highest BCUT2D eigenvalue weighted by molar-refractivity contribution is 6.30. The number of hydrogen-bond donors (Lipinski definition) is 0. The van der Waals surface area contributed by atoms with Crippen molar-refractivity contribution in [2.75, 3.05) is 31.1 Å². The Morgan fingerprint density at radius 3 is 2.55 bits per heavy atom. The Bertz CT molecular complexity index is 1220. The van der Waals surface area contributed by atoms with Crippen LogP contribution in [0.5, 0.6) is 0 Å². The summed E-state index contributed by atoms with van der Waals surface area (Å²) >= 11 is 6.11. The third kappa shape index (κ3) is 4.09. The van der Waals surface area contributed by atoms with Crippen LogP contribution < -0.4 is 4.90 Å². The minimum atomic E-state index is 0.0334. The number of hydrogen-bond acceptors (Lipinski definition) is 5. The van der Waals surface area contributed by atoms with Crippen LogP contribution in [0.4, 0.5) is 5.95 Å². The summed E-state index contributed by atoms with van der Waals surface area (Å²) in [5.74, 6) is 0.743. The third-order valence-corrected chi connectivity index (χ3v) is 5.75. The van der Waals surface area contributed by atoms with E-state index < -0.39 is 0 Å². The molecule has 0 bridgehead atoms. The summed E-state index contributed by atoms with van der Waals surface area (Å²) in [4.78, 5) is 25.7. The zero-order valence-corrected chi connectivity index (χ0v) is 17.6. The van der Waals surface area contributed by atoms with Crippen LogP contribution in [0.15, 0.2) is 67.1 Å². The first-order chi connectivity index (χ1) is 15.2. The van der Waals surface area contributed by atoms with Crippen molar-refractivity contribution in [1.82, 2.24) is 24.6 Å². The van der Waals surface area contributed by atoms with Gasteiger partial charge in [-0.15, -0.1) is 0 Å². The van der Waals surface area contributed by atoms with E-state index in [4.69, 9.17) is 11.6 Å². The van der Waals surface area contributed by atoms with Crippen LogP contribution in [0, 0.1) is 0 Å². The normalized spacial score (nSPS) is 14.2. The number of amides is 1. The first-order valence-corrected chi connectivity index (χ1v) is 10.6. The van der Waals surface area contributed by atoms with E-state index in [0.29, 0.717) is 49.3 Å². The summed E-state index contributed by atoms with van der Waals surface area (Å²) in [6.07, 6.45) is 5.30. The molecule has 0 aliphatic carbocycles. The van der Waals surface area contributed by atoms with Gasteiger partial charge in [0.1, 0.15) is 0 Å². The standard InChI is InChI=1S/C23H21ClN6O/c24-20-4-1-3-17(13-20)16-30-21-14-18(5-6-19(21)15-27-30)22(31)28-9-11-29(12-10-28)23-25-7-2-8-26-23/h1-8,13-15H,9-12,16H2. The highest BCUT2D eigenvalue weighted by atomic mass is 35.5. The van der Waals surface area contributed by atoms with Crippen molar-refractivity contribution in [2.45, 2.75) is 6.54 Å². The second-order valence-corrected chi connectivity index (χ2v) is 7.97. The second-order valence-electron chi connectivity index (χ2n) is 7.53. The van der Waals surface area contributed by atoms with Gasteiger partial charge in [0.2, 0.25) is 5.95 Å². The van der Waals surface area contributed by atoms with Gasteiger partial charge >= 0.3 is 0 Å². The molecule has 0 N–H and O–H groups in total. The monoisotopic (exact) mass is 432 g/mol. The largest absolute Gasteiger partial charge is 0.337 e. The maximum absolute atomic E-state index is 13.2. The van der Waals surface area contributed by atoms with Gasteiger partial charge in [0.15, 0.2) is 0 Å². The molecule has 0 unspecified atom stereocenters. The fourth-order valence-electron chi connectivity index (χ4n) is 3.88. The van der Waals surface area contributed by atoms with Crippen LogP contribution in [-0.2, 0) is 6.54 Å². The Balaban J connectivity index is 1.32. The Morgan fingerprint density at radius 1 is 0.968 bits per heavy atom. The highest BCUT2D eigenvalue weighted by Gasteiger charge is 2.23. The number of carbonyl (C=O) groups is 1. The highest BCUT2D eigenvalue weighted by Crippen LogP contribution is 2.20. The van der Waals surface area contributed by atoms with Crippen molar-refractivity contribution in [3.05, 3.63) is 83.3 Å². The third-order valence-electron chi connectivity index (χ3n) is 5.51. The number of carbonyl (C=O) groups excluding carboxylic acids is 1. The Kier molecular flexibility index (Phi) is 5.26. The van der Waals surface area contributed by atoms with E-state index in [2.05, 4.69) is 20.0 Å².